The molecule has 0 fully saturated rings. The predicted octanol–water partition coefficient (Wildman–Crippen LogP) is 1.09. The molecular weight excluding hydrogens is 310 g/mol. The van der Waals surface area contributed by atoms with Crippen molar-refractivity contribution in [3.63, 3.8) is 0 Å². The lowest BCUT2D eigenvalue weighted by molar-refractivity contribution is 0.208. The molecule has 0 aliphatic heterocycles. The molecule has 1 aromatic heterocycles. The average Bonchev–Trinajstić information content (AvgIpc) is 2.45. The first-order valence-electron chi connectivity index (χ1n) is 6.56. The molecule has 4 N–H and O–H groups in total. The number of nitrogens with two attached hydrogens (primary N) is 1. The number of aliphatic imine (C=N–C) groups is 1. The van der Waals surface area contributed by atoms with E-state index < -0.39 is 0 Å². The van der Waals surface area contributed by atoms with Gasteiger partial charge in [0.05, 0.1) is 23.9 Å². The van der Waals surface area contributed by atoms with E-state index in [1.165, 1.54) is 0 Å². The van der Waals surface area contributed by atoms with Crippen molar-refractivity contribution >= 4 is 34.9 Å². The third-order valence-corrected chi connectivity index (χ3v) is 3.12. The van der Waals surface area contributed by atoms with Gasteiger partial charge in [-0.05, 0) is 37.2 Å². The molecule has 0 spiro atoms. The first-order valence-corrected chi connectivity index (χ1v) is 7.35. The second kappa shape index (κ2) is 10.3. The fraction of sp³-hybridized carbons (Fsp3) is 0.462. The van der Waals surface area contributed by atoms with E-state index >= 15 is 0 Å². The highest BCUT2D eigenvalue weighted by Crippen LogP contribution is 2.13. The lowest BCUT2D eigenvalue weighted by Crippen LogP contribution is -2.43. The highest BCUT2D eigenvalue weighted by atomic mass is 35.5. The molecule has 116 valence electrons. The topological polar surface area (TPSA) is 84.6 Å². The highest BCUT2D eigenvalue weighted by molar-refractivity contribution is 7.80. The first-order chi connectivity index (χ1) is 10.1. The van der Waals surface area contributed by atoms with Gasteiger partial charge >= 0.3 is 0 Å². The fourth-order valence-electron chi connectivity index (χ4n) is 1.52. The number of halogens is 1. The third kappa shape index (κ3) is 7.79. The Morgan fingerprint density at radius 3 is 3.10 bits per heavy atom. The summed E-state index contributed by atoms with van der Waals surface area (Å²) in [5.41, 5.74) is 6.55. The maximum atomic E-state index is 6.03. The standard InChI is InChI=1S/C13H20ClN5OS/c1-20-9-8-17-12(15)19-13(21)18-7-3-5-11-10(14)4-2-6-16-11/h2,4,6H,3,5,7-9H2,1H3,(H4,15,17,18,19,21). The van der Waals surface area contributed by atoms with E-state index in [1.807, 2.05) is 12.1 Å². The van der Waals surface area contributed by atoms with Crippen LogP contribution in [0.5, 0.6) is 0 Å². The number of ether oxygens (including phenoxy) is 1. The van der Waals surface area contributed by atoms with E-state index in [2.05, 4.69) is 20.6 Å². The SMILES string of the molecule is COCCN=C(N)NC(=S)NCCCc1ncccc1Cl. The molecule has 0 aromatic carbocycles. The van der Waals surface area contributed by atoms with Crippen LogP contribution in [-0.4, -0.2) is 42.9 Å². The van der Waals surface area contributed by atoms with Crippen LogP contribution in [0.4, 0.5) is 0 Å². The lowest BCUT2D eigenvalue weighted by Gasteiger charge is -2.10. The molecule has 1 aromatic rings. The Morgan fingerprint density at radius 1 is 1.57 bits per heavy atom. The molecule has 0 aliphatic carbocycles. The smallest absolute Gasteiger partial charge is 0.194 e. The van der Waals surface area contributed by atoms with Gasteiger partial charge in [0.1, 0.15) is 0 Å². The molecule has 0 amide bonds. The Kier molecular flexibility index (Phi) is 8.65. The molecule has 21 heavy (non-hydrogen) atoms. The number of nitrogens with one attached hydrogen (secondary N) is 2. The summed E-state index contributed by atoms with van der Waals surface area (Å²) in [7, 11) is 1.61. The number of hydrogen-bond acceptors (Lipinski definition) is 4. The number of nitrogens with zero attached hydrogens (tertiary/aromatic N) is 2. The van der Waals surface area contributed by atoms with Crippen molar-refractivity contribution < 1.29 is 4.74 Å². The summed E-state index contributed by atoms with van der Waals surface area (Å²) in [6.45, 7) is 1.72. The lowest BCUT2D eigenvalue weighted by atomic mass is 10.2. The van der Waals surface area contributed by atoms with Gasteiger partial charge in [-0.25, -0.2) is 0 Å². The quantitative estimate of drug-likeness (QED) is 0.300. The van der Waals surface area contributed by atoms with Crippen molar-refractivity contribution in [3.8, 4) is 0 Å². The van der Waals surface area contributed by atoms with Crippen LogP contribution in [0.15, 0.2) is 23.3 Å². The largest absolute Gasteiger partial charge is 0.383 e. The van der Waals surface area contributed by atoms with Crippen molar-refractivity contribution in [1.82, 2.24) is 15.6 Å². The molecule has 0 saturated heterocycles. The zero-order valence-electron chi connectivity index (χ0n) is 11.9. The molecule has 8 heteroatoms. The van der Waals surface area contributed by atoms with Crippen molar-refractivity contribution in [2.24, 2.45) is 10.7 Å². The minimum Gasteiger partial charge on any atom is -0.383 e. The summed E-state index contributed by atoms with van der Waals surface area (Å²) in [5, 5.41) is 6.98. The number of aromatic nitrogens is 1. The maximum absolute atomic E-state index is 6.03. The molecule has 1 rings (SSSR count). The molecule has 6 nitrogen and oxygen atoms in total. The second-order valence-electron chi connectivity index (χ2n) is 4.18. The molecule has 0 atom stereocenters. The highest BCUT2D eigenvalue weighted by Gasteiger charge is 2.01. The molecule has 0 unspecified atom stereocenters. The Labute approximate surface area is 135 Å². The van der Waals surface area contributed by atoms with Gasteiger partial charge < -0.3 is 21.1 Å². The van der Waals surface area contributed by atoms with Gasteiger partial charge in [0.15, 0.2) is 11.1 Å². The molecular formula is C13H20ClN5OS. The Balaban J connectivity index is 2.19. The van der Waals surface area contributed by atoms with Gasteiger partial charge in [-0.2, -0.15) is 0 Å². The van der Waals surface area contributed by atoms with Crippen LogP contribution < -0.4 is 16.4 Å². The van der Waals surface area contributed by atoms with Crippen LogP contribution in [0.3, 0.4) is 0 Å². The summed E-state index contributed by atoms with van der Waals surface area (Å²) >= 11 is 11.1. The van der Waals surface area contributed by atoms with Crippen LogP contribution >= 0.6 is 23.8 Å². The van der Waals surface area contributed by atoms with Gasteiger partial charge in [0.25, 0.3) is 0 Å². The van der Waals surface area contributed by atoms with Crippen LogP contribution in [0.2, 0.25) is 5.02 Å². The van der Waals surface area contributed by atoms with E-state index in [-0.39, 0.29) is 5.96 Å². The van der Waals surface area contributed by atoms with Gasteiger partial charge in [-0.15, -0.1) is 0 Å². The second-order valence-corrected chi connectivity index (χ2v) is 4.99. The van der Waals surface area contributed by atoms with Crippen molar-refractivity contribution in [1.29, 1.82) is 0 Å². The molecule has 0 aliphatic rings. The predicted molar refractivity (Wildman–Crippen MR) is 89.7 cm³/mol. The minimum atomic E-state index is 0.275. The van der Waals surface area contributed by atoms with E-state index in [0.717, 1.165) is 18.5 Å². The van der Waals surface area contributed by atoms with Gasteiger partial charge in [0, 0.05) is 19.9 Å². The number of methoxy groups -OCH3 is 1. The zero-order chi connectivity index (χ0) is 15.5. The zero-order valence-corrected chi connectivity index (χ0v) is 13.5. The van der Waals surface area contributed by atoms with E-state index in [0.29, 0.717) is 29.8 Å². The normalized spacial score (nSPS) is 11.2. The number of rotatable bonds is 7. The van der Waals surface area contributed by atoms with Crippen LogP contribution in [-0.2, 0) is 11.2 Å². The molecule has 0 saturated carbocycles. The number of pyridine rings is 1. The Hall–Kier alpha value is -1.44. The Bertz CT molecular complexity index is 483. The maximum Gasteiger partial charge on any atom is 0.194 e. The fourth-order valence-corrected chi connectivity index (χ4v) is 1.94. The van der Waals surface area contributed by atoms with Gasteiger partial charge in [-0.1, -0.05) is 11.6 Å². The van der Waals surface area contributed by atoms with Crippen LogP contribution in [0.25, 0.3) is 0 Å². The molecule has 0 bridgehead atoms. The van der Waals surface area contributed by atoms with Crippen molar-refractivity contribution in [3.05, 3.63) is 29.0 Å². The van der Waals surface area contributed by atoms with Crippen LogP contribution in [0.1, 0.15) is 12.1 Å². The summed E-state index contributed by atoms with van der Waals surface area (Å²) < 4.78 is 4.87. The average molecular weight is 330 g/mol. The van der Waals surface area contributed by atoms with E-state index in [9.17, 15) is 0 Å². The van der Waals surface area contributed by atoms with Gasteiger partial charge in [0.2, 0.25) is 0 Å². The summed E-state index contributed by atoms with van der Waals surface area (Å²) in [6.07, 6.45) is 3.38. The van der Waals surface area contributed by atoms with Crippen molar-refractivity contribution in [2.45, 2.75) is 12.8 Å². The monoisotopic (exact) mass is 329 g/mol. The summed E-state index contributed by atoms with van der Waals surface area (Å²) in [5.74, 6) is 0.275. The first kappa shape index (κ1) is 17.6. The van der Waals surface area contributed by atoms with Crippen LogP contribution in [0, 0.1) is 0 Å². The minimum absolute atomic E-state index is 0.275. The number of hydrogen-bond donors (Lipinski definition) is 3. The van der Waals surface area contributed by atoms with E-state index in [4.69, 9.17) is 34.3 Å². The molecule has 0 radical (unpaired) electrons. The van der Waals surface area contributed by atoms with Gasteiger partial charge in [-0.3, -0.25) is 9.98 Å². The van der Waals surface area contributed by atoms with E-state index in [1.54, 1.807) is 13.3 Å². The third-order valence-electron chi connectivity index (χ3n) is 2.53. The number of guanidine groups is 1. The van der Waals surface area contributed by atoms with Crippen molar-refractivity contribution in [2.75, 3.05) is 26.8 Å². The number of thiocarbonyl (C=S) groups is 1. The number of aryl methyl sites for hydroxylation is 1. The molecule has 1 heterocycles. The summed E-state index contributed by atoms with van der Waals surface area (Å²) in [6, 6.07) is 3.65. The Morgan fingerprint density at radius 2 is 2.38 bits per heavy atom. The summed E-state index contributed by atoms with van der Waals surface area (Å²) in [4.78, 5) is 8.27.